The Labute approximate surface area is 142 Å². The Morgan fingerprint density at radius 1 is 1.30 bits per heavy atom. The molecule has 1 aromatic heterocycles. The first-order chi connectivity index (χ1) is 10.8. The first-order valence-electron chi connectivity index (χ1n) is 8.31. The van der Waals surface area contributed by atoms with E-state index in [-0.39, 0.29) is 18.3 Å². The fraction of sp³-hybridized carbons (Fsp3) is 0.800. The Balaban J connectivity index is 0.00000192. The summed E-state index contributed by atoms with van der Waals surface area (Å²) in [6.45, 7) is 4.39. The van der Waals surface area contributed by atoms with Crippen LogP contribution in [-0.4, -0.2) is 53.7 Å². The SMILES string of the molecule is Cl.O=C(NCCC1CCOCC1)c1cn(C2CCNCC2)nn1. The first-order valence-corrected chi connectivity index (χ1v) is 8.31. The number of carbonyl (C=O) groups is 1. The number of piperidine rings is 1. The van der Waals surface area contributed by atoms with E-state index in [1.165, 1.54) is 0 Å². The third kappa shape index (κ3) is 5.16. The Morgan fingerprint density at radius 2 is 2.04 bits per heavy atom. The maximum Gasteiger partial charge on any atom is 0.273 e. The summed E-state index contributed by atoms with van der Waals surface area (Å²) in [4.78, 5) is 12.1. The van der Waals surface area contributed by atoms with Gasteiger partial charge in [-0.1, -0.05) is 5.21 Å². The largest absolute Gasteiger partial charge is 0.381 e. The normalized spacial score (nSPS) is 20.0. The molecule has 2 aliphatic rings. The van der Waals surface area contributed by atoms with Crippen molar-refractivity contribution in [2.75, 3.05) is 32.8 Å². The van der Waals surface area contributed by atoms with E-state index in [1.54, 1.807) is 6.20 Å². The lowest BCUT2D eigenvalue weighted by molar-refractivity contribution is 0.0636. The van der Waals surface area contributed by atoms with Crippen LogP contribution in [0.1, 0.15) is 48.6 Å². The van der Waals surface area contributed by atoms with Crippen LogP contribution >= 0.6 is 12.4 Å². The van der Waals surface area contributed by atoms with Gasteiger partial charge < -0.3 is 15.4 Å². The fourth-order valence-corrected chi connectivity index (χ4v) is 3.15. The quantitative estimate of drug-likeness (QED) is 0.838. The Kier molecular flexibility index (Phi) is 7.26. The van der Waals surface area contributed by atoms with Crippen molar-refractivity contribution < 1.29 is 9.53 Å². The molecule has 0 aliphatic carbocycles. The van der Waals surface area contributed by atoms with E-state index in [1.807, 2.05) is 4.68 Å². The molecule has 1 amide bonds. The average molecular weight is 344 g/mol. The summed E-state index contributed by atoms with van der Waals surface area (Å²) >= 11 is 0. The lowest BCUT2D eigenvalue weighted by Gasteiger charge is -2.22. The molecular formula is C15H26ClN5O2. The standard InChI is InChI=1S/C15H25N5O2.ClH/c21-15(17-8-1-12-4-9-22-10-5-12)14-11-20(19-18-14)13-2-6-16-7-3-13;/h11-13,16H,1-10H2,(H,17,21);1H. The summed E-state index contributed by atoms with van der Waals surface area (Å²) in [5.41, 5.74) is 0.422. The number of nitrogens with zero attached hydrogens (tertiary/aromatic N) is 3. The fourth-order valence-electron chi connectivity index (χ4n) is 3.15. The van der Waals surface area contributed by atoms with Gasteiger partial charge in [-0.15, -0.1) is 17.5 Å². The summed E-state index contributed by atoms with van der Waals surface area (Å²) < 4.78 is 7.19. The summed E-state index contributed by atoms with van der Waals surface area (Å²) in [5, 5.41) is 14.4. The van der Waals surface area contributed by atoms with Crippen molar-refractivity contribution in [2.24, 2.45) is 5.92 Å². The lowest BCUT2D eigenvalue weighted by atomic mass is 9.97. The zero-order chi connectivity index (χ0) is 15.2. The molecule has 0 atom stereocenters. The minimum absolute atomic E-state index is 0. The van der Waals surface area contributed by atoms with Gasteiger partial charge in [0.25, 0.3) is 5.91 Å². The smallest absolute Gasteiger partial charge is 0.273 e. The van der Waals surface area contributed by atoms with Crippen molar-refractivity contribution in [1.82, 2.24) is 25.6 Å². The number of hydrogen-bond donors (Lipinski definition) is 2. The Morgan fingerprint density at radius 3 is 2.78 bits per heavy atom. The van der Waals surface area contributed by atoms with Crippen LogP contribution in [0.2, 0.25) is 0 Å². The van der Waals surface area contributed by atoms with Crippen molar-refractivity contribution >= 4 is 18.3 Å². The van der Waals surface area contributed by atoms with Crippen LogP contribution in [-0.2, 0) is 4.74 Å². The molecule has 2 aliphatic heterocycles. The van der Waals surface area contributed by atoms with E-state index < -0.39 is 0 Å². The minimum atomic E-state index is -0.118. The molecule has 3 heterocycles. The number of carbonyl (C=O) groups excluding carboxylic acids is 1. The van der Waals surface area contributed by atoms with Crippen molar-refractivity contribution in [3.05, 3.63) is 11.9 Å². The van der Waals surface area contributed by atoms with Gasteiger partial charge in [-0.3, -0.25) is 4.79 Å². The number of hydrogen-bond acceptors (Lipinski definition) is 5. The van der Waals surface area contributed by atoms with Gasteiger partial charge >= 0.3 is 0 Å². The highest BCUT2D eigenvalue weighted by atomic mass is 35.5. The van der Waals surface area contributed by atoms with Gasteiger partial charge in [0.15, 0.2) is 5.69 Å². The van der Waals surface area contributed by atoms with E-state index >= 15 is 0 Å². The highest BCUT2D eigenvalue weighted by molar-refractivity contribution is 5.91. The van der Waals surface area contributed by atoms with Crippen LogP contribution in [0.4, 0.5) is 0 Å². The third-order valence-corrected chi connectivity index (χ3v) is 4.60. The molecular weight excluding hydrogens is 318 g/mol. The first kappa shape index (κ1) is 18.2. The average Bonchev–Trinajstić information content (AvgIpc) is 3.07. The van der Waals surface area contributed by atoms with E-state index in [9.17, 15) is 4.79 Å². The molecule has 0 radical (unpaired) electrons. The zero-order valence-electron chi connectivity index (χ0n) is 13.4. The monoisotopic (exact) mass is 343 g/mol. The molecule has 0 bridgehead atoms. The number of ether oxygens (including phenoxy) is 1. The summed E-state index contributed by atoms with van der Waals surface area (Å²) in [5.74, 6) is 0.548. The van der Waals surface area contributed by atoms with Gasteiger partial charge in [0.1, 0.15) is 0 Å². The highest BCUT2D eigenvalue weighted by Gasteiger charge is 2.19. The van der Waals surface area contributed by atoms with E-state index in [0.717, 1.165) is 58.4 Å². The maximum atomic E-state index is 12.1. The zero-order valence-corrected chi connectivity index (χ0v) is 14.2. The molecule has 2 N–H and O–H groups in total. The molecule has 8 heteroatoms. The second-order valence-corrected chi connectivity index (χ2v) is 6.17. The molecule has 2 fully saturated rings. The second-order valence-electron chi connectivity index (χ2n) is 6.17. The van der Waals surface area contributed by atoms with Crippen molar-refractivity contribution in [3.63, 3.8) is 0 Å². The van der Waals surface area contributed by atoms with E-state index in [4.69, 9.17) is 4.74 Å². The molecule has 0 unspecified atom stereocenters. The lowest BCUT2D eigenvalue weighted by Crippen LogP contribution is -2.29. The number of amides is 1. The number of nitrogens with one attached hydrogen (secondary N) is 2. The number of halogens is 1. The van der Waals surface area contributed by atoms with Crippen LogP contribution in [0, 0.1) is 5.92 Å². The molecule has 0 spiro atoms. The van der Waals surface area contributed by atoms with Crippen molar-refractivity contribution in [1.29, 1.82) is 0 Å². The summed E-state index contributed by atoms with van der Waals surface area (Å²) in [7, 11) is 0. The molecule has 0 aromatic carbocycles. The van der Waals surface area contributed by atoms with Crippen LogP contribution in [0.25, 0.3) is 0 Å². The van der Waals surface area contributed by atoms with Gasteiger partial charge in [-0.25, -0.2) is 4.68 Å². The van der Waals surface area contributed by atoms with Crippen molar-refractivity contribution in [2.45, 2.75) is 38.1 Å². The molecule has 2 saturated heterocycles. The van der Waals surface area contributed by atoms with Crippen molar-refractivity contribution in [3.8, 4) is 0 Å². The molecule has 130 valence electrons. The summed E-state index contributed by atoms with van der Waals surface area (Å²) in [6, 6.07) is 0.359. The van der Waals surface area contributed by atoms with Crippen LogP contribution < -0.4 is 10.6 Å². The van der Waals surface area contributed by atoms with Gasteiger partial charge in [0.05, 0.1) is 12.2 Å². The van der Waals surface area contributed by atoms with Gasteiger partial charge in [0.2, 0.25) is 0 Å². The van der Waals surface area contributed by atoms with Crippen LogP contribution in [0.3, 0.4) is 0 Å². The molecule has 23 heavy (non-hydrogen) atoms. The van der Waals surface area contributed by atoms with Crippen LogP contribution in [0.15, 0.2) is 6.20 Å². The summed E-state index contributed by atoms with van der Waals surface area (Å²) in [6.07, 6.45) is 7.06. The molecule has 1 aromatic rings. The minimum Gasteiger partial charge on any atom is -0.381 e. The van der Waals surface area contributed by atoms with Gasteiger partial charge in [0, 0.05) is 19.8 Å². The molecule has 7 nitrogen and oxygen atoms in total. The second kappa shape index (κ2) is 9.20. The Bertz CT molecular complexity index is 484. The third-order valence-electron chi connectivity index (χ3n) is 4.60. The topological polar surface area (TPSA) is 81.1 Å². The number of aromatic nitrogens is 3. The van der Waals surface area contributed by atoms with Crippen LogP contribution in [0.5, 0.6) is 0 Å². The van der Waals surface area contributed by atoms with E-state index in [2.05, 4.69) is 20.9 Å². The van der Waals surface area contributed by atoms with Gasteiger partial charge in [-0.2, -0.15) is 0 Å². The predicted molar refractivity (Wildman–Crippen MR) is 88.9 cm³/mol. The highest BCUT2D eigenvalue weighted by Crippen LogP contribution is 2.18. The Hall–Kier alpha value is -1.18. The predicted octanol–water partition coefficient (Wildman–Crippen LogP) is 1.17. The molecule has 3 rings (SSSR count). The van der Waals surface area contributed by atoms with Gasteiger partial charge in [-0.05, 0) is 51.1 Å². The van der Waals surface area contributed by atoms with E-state index in [0.29, 0.717) is 24.2 Å². The maximum absolute atomic E-state index is 12.1. The molecule has 0 saturated carbocycles. The number of rotatable bonds is 5.